The second kappa shape index (κ2) is 8.49. The van der Waals surface area contributed by atoms with E-state index in [4.69, 9.17) is 0 Å². The number of hydrogen-bond donors (Lipinski definition) is 0. The van der Waals surface area contributed by atoms with Crippen molar-refractivity contribution in [1.82, 2.24) is 9.21 Å². The Morgan fingerprint density at radius 1 is 0.952 bits per heavy atom. The van der Waals surface area contributed by atoms with Crippen molar-refractivity contribution in [2.24, 2.45) is 5.92 Å². The van der Waals surface area contributed by atoms with Crippen LogP contribution >= 0.6 is 0 Å². The minimum absolute atomic E-state index is 0.334. The zero-order valence-corrected chi connectivity index (χ0v) is 14.4. The molecule has 21 heavy (non-hydrogen) atoms. The van der Waals surface area contributed by atoms with Crippen LogP contribution in [0.25, 0.3) is 0 Å². The number of nitrogens with zero attached hydrogens (tertiary/aromatic N) is 2. The molecule has 0 atom stereocenters. The quantitative estimate of drug-likeness (QED) is 0.756. The third-order valence-electron chi connectivity index (χ3n) is 4.94. The Morgan fingerprint density at radius 2 is 1.57 bits per heavy atom. The maximum absolute atomic E-state index is 12.2. The zero-order valence-electron chi connectivity index (χ0n) is 13.6. The first-order chi connectivity index (χ1) is 10.1. The van der Waals surface area contributed by atoms with Crippen molar-refractivity contribution in [3.05, 3.63) is 0 Å². The zero-order chi connectivity index (χ0) is 15.1. The lowest BCUT2D eigenvalue weighted by atomic mass is 9.97. The van der Waals surface area contributed by atoms with E-state index in [0.717, 1.165) is 38.8 Å². The number of likely N-dealkylation sites (tertiary alicyclic amines) is 1. The summed E-state index contributed by atoms with van der Waals surface area (Å²) in [6, 6.07) is 0. The number of piperidine rings is 1. The summed E-state index contributed by atoms with van der Waals surface area (Å²) in [5.41, 5.74) is 0. The fourth-order valence-corrected chi connectivity index (χ4v) is 5.19. The predicted molar refractivity (Wildman–Crippen MR) is 87.9 cm³/mol. The maximum atomic E-state index is 12.2. The molecule has 2 rings (SSSR count). The fourth-order valence-electron chi connectivity index (χ4n) is 3.51. The highest BCUT2D eigenvalue weighted by molar-refractivity contribution is 7.89. The molecule has 0 unspecified atom stereocenters. The minimum Gasteiger partial charge on any atom is -0.303 e. The maximum Gasteiger partial charge on any atom is 0.214 e. The first-order valence-corrected chi connectivity index (χ1v) is 10.4. The molecule has 0 N–H and O–H groups in total. The van der Waals surface area contributed by atoms with Crippen molar-refractivity contribution >= 4 is 10.0 Å². The Bertz CT molecular complexity index is 381. The van der Waals surface area contributed by atoms with Crippen LogP contribution < -0.4 is 0 Å². The Labute approximate surface area is 130 Å². The van der Waals surface area contributed by atoms with Crippen LogP contribution in [0.1, 0.15) is 58.3 Å². The summed E-state index contributed by atoms with van der Waals surface area (Å²) in [6.07, 6.45) is 9.26. The Hall–Kier alpha value is -0.130. The molecule has 2 aliphatic heterocycles. The smallest absolute Gasteiger partial charge is 0.214 e. The Balaban J connectivity index is 1.74. The van der Waals surface area contributed by atoms with E-state index in [9.17, 15) is 8.42 Å². The highest BCUT2D eigenvalue weighted by atomic mass is 32.2. The molecule has 0 aromatic heterocycles. The molecule has 0 saturated carbocycles. The van der Waals surface area contributed by atoms with Crippen LogP contribution in [0.4, 0.5) is 0 Å². The molecule has 2 heterocycles. The highest BCUT2D eigenvalue weighted by Gasteiger charge is 2.28. The molecule has 2 fully saturated rings. The van der Waals surface area contributed by atoms with Crippen LogP contribution in [0.15, 0.2) is 0 Å². The van der Waals surface area contributed by atoms with E-state index >= 15 is 0 Å². The van der Waals surface area contributed by atoms with E-state index in [-0.39, 0.29) is 0 Å². The van der Waals surface area contributed by atoms with Crippen molar-refractivity contribution < 1.29 is 8.42 Å². The average Bonchev–Trinajstić information content (AvgIpc) is 2.74. The summed E-state index contributed by atoms with van der Waals surface area (Å²) in [7, 11) is -2.99. The summed E-state index contributed by atoms with van der Waals surface area (Å²) in [4.78, 5) is 2.61. The van der Waals surface area contributed by atoms with Gasteiger partial charge in [-0.3, -0.25) is 0 Å². The third kappa shape index (κ3) is 5.53. The molecule has 0 aliphatic carbocycles. The van der Waals surface area contributed by atoms with Gasteiger partial charge in [-0.05, 0) is 51.1 Å². The molecule has 2 aliphatic rings. The normalized spacial score (nSPS) is 24.0. The van der Waals surface area contributed by atoms with Crippen molar-refractivity contribution in [1.29, 1.82) is 0 Å². The molecule has 0 radical (unpaired) electrons. The molecule has 0 aromatic carbocycles. The monoisotopic (exact) mass is 316 g/mol. The van der Waals surface area contributed by atoms with E-state index in [1.807, 2.05) is 6.92 Å². The van der Waals surface area contributed by atoms with E-state index < -0.39 is 10.0 Å². The second-order valence-electron chi connectivity index (χ2n) is 6.73. The van der Waals surface area contributed by atoms with Gasteiger partial charge >= 0.3 is 0 Å². The van der Waals surface area contributed by atoms with E-state index in [1.54, 1.807) is 4.31 Å². The van der Waals surface area contributed by atoms with Gasteiger partial charge in [0.15, 0.2) is 0 Å². The SMILES string of the molecule is CCCCS(=O)(=O)N1CCC(CN2CCCCCC2)CC1. The molecule has 5 heteroatoms. The molecule has 2 saturated heterocycles. The van der Waals surface area contributed by atoms with Gasteiger partial charge in [0.2, 0.25) is 10.0 Å². The van der Waals surface area contributed by atoms with Crippen LogP contribution in [-0.2, 0) is 10.0 Å². The predicted octanol–water partition coefficient (Wildman–Crippen LogP) is 2.70. The van der Waals surface area contributed by atoms with Gasteiger partial charge < -0.3 is 4.90 Å². The van der Waals surface area contributed by atoms with Crippen molar-refractivity contribution in [2.75, 3.05) is 38.5 Å². The molecule has 124 valence electrons. The van der Waals surface area contributed by atoms with Crippen LogP contribution in [-0.4, -0.2) is 56.1 Å². The van der Waals surface area contributed by atoms with Gasteiger partial charge in [-0.15, -0.1) is 0 Å². The van der Waals surface area contributed by atoms with E-state index in [1.165, 1.54) is 45.3 Å². The lowest BCUT2D eigenvalue weighted by Gasteiger charge is -2.34. The van der Waals surface area contributed by atoms with Gasteiger partial charge in [0.05, 0.1) is 5.75 Å². The van der Waals surface area contributed by atoms with Gasteiger partial charge in [0.25, 0.3) is 0 Å². The lowest BCUT2D eigenvalue weighted by Crippen LogP contribution is -2.42. The summed E-state index contributed by atoms with van der Waals surface area (Å²) >= 11 is 0. The molecular weight excluding hydrogens is 284 g/mol. The van der Waals surface area contributed by atoms with E-state index in [0.29, 0.717) is 11.7 Å². The van der Waals surface area contributed by atoms with Crippen LogP contribution in [0, 0.1) is 5.92 Å². The molecule has 0 aromatic rings. The van der Waals surface area contributed by atoms with Gasteiger partial charge in [-0.25, -0.2) is 12.7 Å². The Morgan fingerprint density at radius 3 is 2.14 bits per heavy atom. The summed E-state index contributed by atoms with van der Waals surface area (Å²) in [5.74, 6) is 1.03. The third-order valence-corrected chi connectivity index (χ3v) is 6.89. The second-order valence-corrected chi connectivity index (χ2v) is 8.82. The van der Waals surface area contributed by atoms with Gasteiger partial charge in [0.1, 0.15) is 0 Å². The summed E-state index contributed by atoms with van der Waals surface area (Å²) in [6.45, 7) is 7.20. The largest absolute Gasteiger partial charge is 0.303 e. The number of sulfonamides is 1. The molecule has 0 spiro atoms. The van der Waals surface area contributed by atoms with Crippen molar-refractivity contribution in [3.8, 4) is 0 Å². The minimum atomic E-state index is -2.99. The van der Waals surface area contributed by atoms with Gasteiger partial charge in [-0.1, -0.05) is 26.2 Å². The van der Waals surface area contributed by atoms with Crippen LogP contribution in [0.3, 0.4) is 0 Å². The summed E-state index contributed by atoms with van der Waals surface area (Å²) in [5, 5.41) is 0. The highest BCUT2D eigenvalue weighted by Crippen LogP contribution is 2.22. The summed E-state index contributed by atoms with van der Waals surface area (Å²) < 4.78 is 26.1. The molecular formula is C16H32N2O2S. The van der Waals surface area contributed by atoms with Crippen molar-refractivity contribution in [3.63, 3.8) is 0 Å². The number of hydrogen-bond acceptors (Lipinski definition) is 3. The standard InChI is InChI=1S/C16H32N2O2S/c1-2-3-14-21(19,20)18-12-8-16(9-13-18)15-17-10-6-4-5-7-11-17/h16H,2-15H2,1H3. The lowest BCUT2D eigenvalue weighted by molar-refractivity contribution is 0.186. The van der Waals surface area contributed by atoms with Crippen LogP contribution in [0.5, 0.6) is 0 Å². The Kier molecular flexibility index (Phi) is 6.96. The van der Waals surface area contributed by atoms with E-state index in [2.05, 4.69) is 4.90 Å². The number of rotatable bonds is 6. The molecule has 0 amide bonds. The topological polar surface area (TPSA) is 40.6 Å². The molecule has 4 nitrogen and oxygen atoms in total. The first-order valence-electron chi connectivity index (χ1n) is 8.82. The average molecular weight is 317 g/mol. The first kappa shape index (κ1) is 17.2. The van der Waals surface area contributed by atoms with Crippen LogP contribution in [0.2, 0.25) is 0 Å². The molecule has 0 bridgehead atoms. The van der Waals surface area contributed by atoms with Gasteiger partial charge in [0, 0.05) is 19.6 Å². The van der Waals surface area contributed by atoms with Crippen molar-refractivity contribution in [2.45, 2.75) is 58.3 Å². The fraction of sp³-hybridized carbons (Fsp3) is 1.00. The number of unbranched alkanes of at least 4 members (excludes halogenated alkanes) is 1. The van der Waals surface area contributed by atoms with Gasteiger partial charge in [-0.2, -0.15) is 0 Å².